The van der Waals surface area contributed by atoms with Crippen LogP contribution in [0.3, 0.4) is 0 Å². The Morgan fingerprint density at radius 3 is 1.32 bits per heavy atom. The van der Waals surface area contributed by atoms with Crippen LogP contribution >= 0.6 is 0 Å². The molecule has 8 heteroatoms. The molecule has 0 aromatic carbocycles. The highest BCUT2D eigenvalue weighted by Crippen LogP contribution is 2.14. The van der Waals surface area contributed by atoms with Crippen molar-refractivity contribution in [1.29, 1.82) is 0 Å². The highest BCUT2D eigenvalue weighted by molar-refractivity contribution is 5.85. The van der Waals surface area contributed by atoms with Crippen LogP contribution in [-0.2, 0) is 28.5 Å². The Morgan fingerprint density at radius 2 is 1.00 bits per heavy atom. The van der Waals surface area contributed by atoms with Gasteiger partial charge in [0, 0.05) is 39.3 Å². The number of carbonyl (C=O) groups is 2. The van der Waals surface area contributed by atoms with Crippen molar-refractivity contribution in [2.45, 2.75) is 104 Å². The third kappa shape index (κ3) is 16.4. The first kappa shape index (κ1) is 32.8. The Hall–Kier alpha value is -1.22. The summed E-state index contributed by atoms with van der Waals surface area (Å²) >= 11 is 0. The zero-order valence-corrected chi connectivity index (χ0v) is 22.0. The van der Waals surface area contributed by atoms with Crippen LogP contribution in [0.25, 0.3) is 0 Å². The molecular formula is C26H50O8. The van der Waals surface area contributed by atoms with E-state index in [1.54, 1.807) is 0 Å². The van der Waals surface area contributed by atoms with E-state index >= 15 is 0 Å². The fraction of sp³-hybridized carbons (Fsp3) is 0.923. The van der Waals surface area contributed by atoms with Crippen molar-refractivity contribution in [3.8, 4) is 0 Å². The average molecular weight is 491 g/mol. The van der Waals surface area contributed by atoms with Gasteiger partial charge in [-0.3, -0.25) is 0 Å². The maximum Gasteiger partial charge on any atom is 0.338 e. The van der Waals surface area contributed by atoms with Crippen molar-refractivity contribution >= 4 is 11.9 Å². The second kappa shape index (κ2) is 22.3. The third-order valence-corrected chi connectivity index (χ3v) is 5.93. The molecule has 0 saturated carbocycles. The molecule has 0 rings (SSSR count). The Balaban J connectivity index is 3.91. The van der Waals surface area contributed by atoms with Gasteiger partial charge < -0.3 is 29.2 Å². The number of rotatable bonds is 23. The van der Waals surface area contributed by atoms with E-state index in [9.17, 15) is 19.8 Å². The zero-order chi connectivity index (χ0) is 25.6. The molecule has 0 aliphatic heterocycles. The maximum absolute atomic E-state index is 11.9. The average Bonchev–Trinajstić information content (AvgIpc) is 2.85. The van der Waals surface area contributed by atoms with E-state index in [1.165, 1.54) is 25.7 Å². The van der Waals surface area contributed by atoms with Crippen LogP contribution in [0.15, 0.2) is 0 Å². The molecule has 0 amide bonds. The fourth-order valence-corrected chi connectivity index (χ4v) is 3.39. The highest BCUT2D eigenvalue weighted by atomic mass is 16.6. The van der Waals surface area contributed by atoms with Gasteiger partial charge in [0.15, 0.2) is 12.2 Å². The molecule has 34 heavy (non-hydrogen) atoms. The van der Waals surface area contributed by atoms with E-state index in [-0.39, 0.29) is 13.2 Å². The summed E-state index contributed by atoms with van der Waals surface area (Å²) in [6.45, 7) is 11.0. The molecule has 0 saturated heterocycles. The molecule has 0 radical (unpaired) electrons. The maximum atomic E-state index is 11.9. The molecule has 202 valence electrons. The number of esters is 2. The number of ether oxygens (including phenoxy) is 4. The highest BCUT2D eigenvalue weighted by Gasteiger charge is 2.32. The molecule has 0 aliphatic rings. The third-order valence-electron chi connectivity index (χ3n) is 5.93. The van der Waals surface area contributed by atoms with Crippen molar-refractivity contribution in [1.82, 2.24) is 0 Å². The summed E-state index contributed by atoms with van der Waals surface area (Å²) in [5, 5.41) is 19.7. The van der Waals surface area contributed by atoms with Gasteiger partial charge in [0.05, 0.1) is 13.2 Å². The van der Waals surface area contributed by atoms with E-state index in [4.69, 9.17) is 18.9 Å². The van der Waals surface area contributed by atoms with E-state index < -0.39 is 24.1 Å². The van der Waals surface area contributed by atoms with Gasteiger partial charge in [-0.05, 0) is 24.7 Å². The molecule has 0 fully saturated rings. The van der Waals surface area contributed by atoms with E-state index in [2.05, 4.69) is 27.7 Å². The van der Waals surface area contributed by atoms with Gasteiger partial charge in [-0.15, -0.1) is 0 Å². The summed E-state index contributed by atoms with van der Waals surface area (Å²) < 4.78 is 21.1. The van der Waals surface area contributed by atoms with Crippen molar-refractivity contribution in [3.63, 3.8) is 0 Å². The summed E-state index contributed by atoms with van der Waals surface area (Å²) in [5.41, 5.74) is 0. The molecule has 8 nitrogen and oxygen atoms in total. The normalized spacial score (nSPS) is 14.9. The Labute approximate surface area is 206 Å². The number of carbonyl (C=O) groups excluding carboxylic acids is 2. The van der Waals surface area contributed by atoms with Crippen LogP contribution in [-0.4, -0.2) is 74.0 Å². The SMILES string of the molecule is CCCCC(CC)COCCCOC(=O)C(O)C(O)C(=O)OCCCOCC(CC)CCCC. The summed E-state index contributed by atoms with van der Waals surface area (Å²) in [6.07, 6.45) is 6.13. The predicted molar refractivity (Wildman–Crippen MR) is 131 cm³/mol. The van der Waals surface area contributed by atoms with E-state index in [0.29, 0.717) is 51.1 Å². The summed E-state index contributed by atoms with van der Waals surface area (Å²) in [7, 11) is 0. The van der Waals surface area contributed by atoms with Crippen molar-refractivity contribution < 1.29 is 38.7 Å². The lowest BCUT2D eigenvalue weighted by Gasteiger charge is -2.17. The minimum absolute atomic E-state index is 0.0394. The first-order chi connectivity index (χ1) is 16.4. The van der Waals surface area contributed by atoms with Crippen LogP contribution in [0, 0.1) is 11.8 Å². The fourth-order valence-electron chi connectivity index (χ4n) is 3.39. The van der Waals surface area contributed by atoms with Crippen LogP contribution in [0.4, 0.5) is 0 Å². The van der Waals surface area contributed by atoms with Gasteiger partial charge in [0.2, 0.25) is 0 Å². The Bertz CT molecular complexity index is 455. The first-order valence-electron chi connectivity index (χ1n) is 13.3. The quantitative estimate of drug-likeness (QED) is 0.163. The first-order valence-corrected chi connectivity index (χ1v) is 13.3. The van der Waals surface area contributed by atoms with Gasteiger partial charge in [-0.1, -0.05) is 66.2 Å². The van der Waals surface area contributed by atoms with E-state index in [0.717, 1.165) is 25.7 Å². The number of unbranched alkanes of at least 4 members (excludes halogenated alkanes) is 2. The molecule has 4 atom stereocenters. The molecular weight excluding hydrogens is 440 g/mol. The van der Waals surface area contributed by atoms with Gasteiger partial charge in [0.25, 0.3) is 0 Å². The topological polar surface area (TPSA) is 112 Å². The molecule has 0 heterocycles. The molecule has 0 bridgehead atoms. The molecule has 0 spiro atoms. The molecule has 0 aliphatic carbocycles. The molecule has 4 unspecified atom stereocenters. The predicted octanol–water partition coefficient (Wildman–Crippen LogP) is 4.04. The monoisotopic (exact) mass is 490 g/mol. The second-order valence-corrected chi connectivity index (χ2v) is 8.91. The largest absolute Gasteiger partial charge is 0.464 e. The van der Waals surface area contributed by atoms with Crippen molar-refractivity contribution in [3.05, 3.63) is 0 Å². The second-order valence-electron chi connectivity index (χ2n) is 8.91. The zero-order valence-electron chi connectivity index (χ0n) is 22.0. The summed E-state index contributed by atoms with van der Waals surface area (Å²) in [6, 6.07) is 0. The minimum atomic E-state index is -1.98. The van der Waals surface area contributed by atoms with Gasteiger partial charge >= 0.3 is 11.9 Å². The van der Waals surface area contributed by atoms with Gasteiger partial charge in [-0.2, -0.15) is 0 Å². The van der Waals surface area contributed by atoms with Gasteiger partial charge in [-0.25, -0.2) is 9.59 Å². The van der Waals surface area contributed by atoms with Gasteiger partial charge in [0.1, 0.15) is 0 Å². The van der Waals surface area contributed by atoms with Crippen molar-refractivity contribution in [2.75, 3.05) is 39.6 Å². The van der Waals surface area contributed by atoms with Crippen molar-refractivity contribution in [2.24, 2.45) is 11.8 Å². The molecule has 0 aromatic heterocycles. The molecule has 2 N–H and O–H groups in total. The van der Waals surface area contributed by atoms with Crippen LogP contribution in [0.2, 0.25) is 0 Å². The Morgan fingerprint density at radius 1 is 0.618 bits per heavy atom. The summed E-state index contributed by atoms with van der Waals surface area (Å²) in [5.74, 6) is -1.04. The Kier molecular flexibility index (Phi) is 21.5. The number of aliphatic hydroxyl groups excluding tert-OH is 2. The van der Waals surface area contributed by atoms with Crippen LogP contribution in [0.1, 0.15) is 91.9 Å². The van der Waals surface area contributed by atoms with Crippen LogP contribution in [0.5, 0.6) is 0 Å². The number of hydrogen-bond acceptors (Lipinski definition) is 8. The van der Waals surface area contributed by atoms with E-state index in [1.807, 2.05) is 0 Å². The lowest BCUT2D eigenvalue weighted by molar-refractivity contribution is -0.173. The van der Waals surface area contributed by atoms with Crippen LogP contribution < -0.4 is 0 Å². The molecule has 0 aromatic rings. The standard InChI is InChI=1S/C26H50O8/c1-5-9-13-21(7-3)19-31-15-11-17-33-25(29)23(27)24(28)26(30)34-18-12-16-32-20-22(8-4)14-10-6-2/h21-24,27-28H,5-20H2,1-4H3. The smallest absolute Gasteiger partial charge is 0.338 e. The lowest BCUT2D eigenvalue weighted by atomic mass is 10.0. The minimum Gasteiger partial charge on any atom is -0.464 e. The number of aliphatic hydroxyl groups is 2. The lowest BCUT2D eigenvalue weighted by Crippen LogP contribution is -2.42. The number of hydrogen-bond donors (Lipinski definition) is 2. The summed E-state index contributed by atoms with van der Waals surface area (Å²) in [4.78, 5) is 23.8.